The van der Waals surface area contributed by atoms with Crippen LogP contribution in [-0.2, 0) is 9.59 Å². The second-order valence-electron chi connectivity index (χ2n) is 2.02. The number of hydrogen-bond acceptors (Lipinski definition) is 2. The van der Waals surface area contributed by atoms with E-state index in [4.69, 9.17) is 16.6 Å². The van der Waals surface area contributed by atoms with Crippen LogP contribution in [0, 0.1) is 12.3 Å². The van der Waals surface area contributed by atoms with Crippen LogP contribution in [0.5, 0.6) is 0 Å². The van der Waals surface area contributed by atoms with Crippen LogP contribution >= 0.6 is 0 Å². The molecule has 0 aliphatic heterocycles. The molecular weight excluding hydrogens is 160 g/mol. The summed E-state index contributed by atoms with van der Waals surface area (Å²) in [7, 11) is 0. The van der Waals surface area contributed by atoms with Gasteiger partial charge in [-0.3, -0.25) is 0 Å². The van der Waals surface area contributed by atoms with E-state index < -0.39 is 11.9 Å². The van der Waals surface area contributed by atoms with Crippen molar-refractivity contribution in [1.29, 1.82) is 0 Å². The van der Waals surface area contributed by atoms with Gasteiger partial charge in [0.1, 0.15) is 0 Å². The molecule has 0 fully saturated rings. The summed E-state index contributed by atoms with van der Waals surface area (Å²) in [4.78, 5) is 20.4. The first-order chi connectivity index (χ1) is 5.57. The zero-order chi connectivity index (χ0) is 9.56. The molecule has 0 aromatic heterocycles. The maximum atomic E-state index is 10.3. The molecule has 4 nitrogen and oxygen atoms in total. The van der Waals surface area contributed by atoms with Crippen LogP contribution in [0.25, 0.3) is 0 Å². The van der Waals surface area contributed by atoms with E-state index in [1.807, 2.05) is 0 Å². The third-order valence-corrected chi connectivity index (χ3v) is 1.11. The fourth-order valence-electron chi connectivity index (χ4n) is 0.597. The van der Waals surface area contributed by atoms with E-state index in [9.17, 15) is 9.59 Å². The van der Waals surface area contributed by atoms with Crippen LogP contribution in [0.15, 0.2) is 11.6 Å². The Morgan fingerprint density at radius 3 is 2.33 bits per heavy atom. The molecule has 0 rings (SSSR count). The first-order valence-electron chi connectivity index (χ1n) is 3.18. The lowest BCUT2D eigenvalue weighted by Gasteiger charge is -1.95. The molecule has 0 spiro atoms. The lowest BCUT2D eigenvalue weighted by atomic mass is 10.1. The zero-order valence-electron chi connectivity index (χ0n) is 6.28. The summed E-state index contributed by atoms with van der Waals surface area (Å²) < 4.78 is 0. The molecule has 0 bridgehead atoms. The van der Waals surface area contributed by atoms with Crippen molar-refractivity contribution in [3.05, 3.63) is 11.6 Å². The standard InChI is InChI=1S/C8H8O4/c1-2-3-4-6(8(11)12)5-7(9)10/h1,5H,3-4H2,(H,9,10)(H,11,12)/b6-5-. The van der Waals surface area contributed by atoms with E-state index in [0.717, 1.165) is 0 Å². The van der Waals surface area contributed by atoms with Crippen LogP contribution in [0.2, 0.25) is 0 Å². The largest absolute Gasteiger partial charge is 0.478 e. The normalized spacial score (nSPS) is 10.4. The molecule has 0 aliphatic rings. The lowest BCUT2D eigenvalue weighted by molar-refractivity contribution is -0.135. The molecule has 0 unspecified atom stereocenters. The Bertz CT molecular complexity index is 257. The quantitative estimate of drug-likeness (QED) is 0.473. The molecule has 12 heavy (non-hydrogen) atoms. The van der Waals surface area contributed by atoms with Crippen molar-refractivity contribution >= 4 is 11.9 Å². The van der Waals surface area contributed by atoms with Gasteiger partial charge in [-0.05, 0) is 6.42 Å². The topological polar surface area (TPSA) is 74.6 Å². The Kier molecular flexibility index (Phi) is 4.24. The van der Waals surface area contributed by atoms with Gasteiger partial charge in [-0.1, -0.05) is 0 Å². The van der Waals surface area contributed by atoms with Crippen molar-refractivity contribution in [1.82, 2.24) is 0 Å². The smallest absolute Gasteiger partial charge is 0.331 e. The van der Waals surface area contributed by atoms with E-state index in [2.05, 4.69) is 5.92 Å². The van der Waals surface area contributed by atoms with Gasteiger partial charge in [0.05, 0.1) is 0 Å². The van der Waals surface area contributed by atoms with Gasteiger partial charge < -0.3 is 10.2 Å². The maximum Gasteiger partial charge on any atom is 0.331 e. The molecule has 0 heterocycles. The average molecular weight is 168 g/mol. The summed E-state index contributed by atoms with van der Waals surface area (Å²) in [5, 5.41) is 16.7. The molecule has 0 radical (unpaired) electrons. The highest BCUT2D eigenvalue weighted by Crippen LogP contribution is 2.04. The molecule has 2 N–H and O–H groups in total. The number of carboxylic acids is 2. The highest BCUT2D eigenvalue weighted by atomic mass is 16.4. The molecule has 0 aromatic carbocycles. The van der Waals surface area contributed by atoms with Gasteiger partial charge in [-0.25, -0.2) is 9.59 Å². The third-order valence-electron chi connectivity index (χ3n) is 1.11. The van der Waals surface area contributed by atoms with Gasteiger partial charge >= 0.3 is 11.9 Å². The van der Waals surface area contributed by atoms with E-state index in [-0.39, 0.29) is 18.4 Å². The van der Waals surface area contributed by atoms with E-state index in [0.29, 0.717) is 6.08 Å². The highest BCUT2D eigenvalue weighted by Gasteiger charge is 2.07. The molecule has 0 atom stereocenters. The van der Waals surface area contributed by atoms with Crippen molar-refractivity contribution in [3.63, 3.8) is 0 Å². The van der Waals surface area contributed by atoms with E-state index in [1.54, 1.807) is 0 Å². The van der Waals surface area contributed by atoms with Crippen LogP contribution in [0.1, 0.15) is 12.8 Å². The summed E-state index contributed by atoms with van der Waals surface area (Å²) >= 11 is 0. The monoisotopic (exact) mass is 168 g/mol. The van der Waals surface area contributed by atoms with Crippen molar-refractivity contribution in [3.8, 4) is 12.3 Å². The first-order valence-corrected chi connectivity index (χ1v) is 3.18. The van der Waals surface area contributed by atoms with E-state index >= 15 is 0 Å². The van der Waals surface area contributed by atoms with Gasteiger partial charge in [0.15, 0.2) is 0 Å². The summed E-state index contributed by atoms with van der Waals surface area (Å²) in [6.07, 6.45) is 5.85. The van der Waals surface area contributed by atoms with E-state index in [1.165, 1.54) is 0 Å². The number of carboxylic acid groups (broad SMARTS) is 2. The third kappa shape index (κ3) is 4.12. The molecule has 0 amide bonds. The fraction of sp³-hybridized carbons (Fsp3) is 0.250. The molecular formula is C8H8O4. The average Bonchev–Trinajstić information content (AvgIpc) is 1.96. The van der Waals surface area contributed by atoms with Crippen molar-refractivity contribution in [2.24, 2.45) is 0 Å². The minimum absolute atomic E-state index is 0.0815. The van der Waals surface area contributed by atoms with Crippen LogP contribution in [-0.4, -0.2) is 22.2 Å². The number of hydrogen-bond donors (Lipinski definition) is 2. The minimum atomic E-state index is -1.27. The maximum absolute atomic E-state index is 10.3. The predicted octanol–water partition coefficient (Wildman–Crippen LogP) is 0.495. The Labute approximate surface area is 69.5 Å². The zero-order valence-corrected chi connectivity index (χ0v) is 6.28. The molecule has 64 valence electrons. The highest BCUT2D eigenvalue weighted by molar-refractivity contribution is 5.94. The Balaban J connectivity index is 4.36. The second kappa shape index (κ2) is 4.97. The fourth-order valence-corrected chi connectivity index (χ4v) is 0.597. The van der Waals surface area contributed by atoms with Gasteiger partial charge in [0.2, 0.25) is 0 Å². The minimum Gasteiger partial charge on any atom is -0.478 e. The number of aliphatic carboxylic acids is 2. The molecule has 0 saturated carbocycles. The van der Waals surface area contributed by atoms with Crippen molar-refractivity contribution < 1.29 is 19.8 Å². The molecule has 0 saturated heterocycles. The Hall–Kier alpha value is -1.76. The van der Waals surface area contributed by atoms with Gasteiger partial charge in [0.25, 0.3) is 0 Å². The second-order valence-corrected chi connectivity index (χ2v) is 2.02. The summed E-state index contributed by atoms with van der Waals surface area (Å²) in [6, 6.07) is 0. The Morgan fingerprint density at radius 1 is 1.42 bits per heavy atom. The summed E-state index contributed by atoms with van der Waals surface area (Å²) in [6.45, 7) is 0. The number of terminal acetylenes is 1. The predicted molar refractivity (Wildman–Crippen MR) is 41.4 cm³/mol. The van der Waals surface area contributed by atoms with Crippen LogP contribution in [0.3, 0.4) is 0 Å². The number of rotatable bonds is 4. The summed E-state index contributed by atoms with van der Waals surface area (Å²) in [5.41, 5.74) is -0.180. The molecule has 4 heteroatoms. The summed E-state index contributed by atoms with van der Waals surface area (Å²) in [5.74, 6) is -0.287. The van der Waals surface area contributed by atoms with Crippen molar-refractivity contribution in [2.45, 2.75) is 12.8 Å². The lowest BCUT2D eigenvalue weighted by Crippen LogP contribution is -2.03. The molecule has 0 aliphatic carbocycles. The SMILES string of the molecule is C#CCC/C(=C/C(=O)O)C(=O)O. The van der Waals surface area contributed by atoms with Gasteiger partial charge in [-0.15, -0.1) is 12.3 Å². The Morgan fingerprint density at radius 2 is 2.00 bits per heavy atom. The van der Waals surface area contributed by atoms with Crippen LogP contribution < -0.4 is 0 Å². The van der Waals surface area contributed by atoms with Gasteiger partial charge in [-0.2, -0.15) is 0 Å². The molecule has 0 aromatic rings. The van der Waals surface area contributed by atoms with Gasteiger partial charge in [0, 0.05) is 18.1 Å². The van der Waals surface area contributed by atoms with Crippen LogP contribution in [0.4, 0.5) is 0 Å². The number of carbonyl (C=O) groups is 2. The first kappa shape index (κ1) is 10.2. The van der Waals surface area contributed by atoms with Crippen molar-refractivity contribution in [2.75, 3.05) is 0 Å².